The first-order valence-electron chi connectivity index (χ1n) is 18.9. The maximum atomic E-state index is 2.51. The average Bonchev–Trinajstić information content (AvgIpc) is 3.46. The van der Waals surface area contributed by atoms with E-state index in [4.69, 9.17) is 0 Å². The van der Waals surface area contributed by atoms with Gasteiger partial charge in [0, 0.05) is 22.1 Å². The molecule has 0 radical (unpaired) electrons. The molecule has 0 saturated carbocycles. The van der Waals surface area contributed by atoms with Gasteiger partial charge in [-0.2, -0.15) is 0 Å². The van der Waals surface area contributed by atoms with Crippen LogP contribution in [0.1, 0.15) is 25.0 Å². The van der Waals surface area contributed by atoms with Crippen molar-refractivity contribution in [1.29, 1.82) is 0 Å². The third-order valence-electron chi connectivity index (χ3n) is 11.4. The average molecular weight is 690 g/mol. The van der Waals surface area contributed by atoms with Crippen LogP contribution in [0.4, 0.5) is 17.1 Å². The van der Waals surface area contributed by atoms with Crippen molar-refractivity contribution >= 4 is 38.6 Å². The van der Waals surface area contributed by atoms with Gasteiger partial charge in [-0.3, -0.25) is 0 Å². The summed E-state index contributed by atoms with van der Waals surface area (Å²) in [5.41, 5.74) is 15.9. The van der Waals surface area contributed by atoms with Crippen LogP contribution in [-0.4, -0.2) is 0 Å². The molecule has 10 rings (SSSR count). The van der Waals surface area contributed by atoms with Gasteiger partial charge >= 0.3 is 0 Å². The molecule has 0 N–H and O–H groups in total. The molecule has 0 bridgehead atoms. The second kappa shape index (κ2) is 12.8. The number of anilines is 3. The quantitative estimate of drug-likeness (QED) is 0.168. The Bertz CT molecular complexity index is 2840. The Hall–Kier alpha value is -6.70. The van der Waals surface area contributed by atoms with Crippen molar-refractivity contribution in [3.8, 4) is 44.5 Å². The van der Waals surface area contributed by atoms with Crippen molar-refractivity contribution in [3.63, 3.8) is 0 Å². The zero-order valence-corrected chi connectivity index (χ0v) is 30.5. The summed E-state index contributed by atoms with van der Waals surface area (Å²) in [4.78, 5) is 2.51. The number of benzene rings is 9. The first-order valence-corrected chi connectivity index (χ1v) is 18.9. The van der Waals surface area contributed by atoms with Crippen molar-refractivity contribution in [2.24, 2.45) is 0 Å². The highest BCUT2D eigenvalue weighted by molar-refractivity contribution is 6.10. The Balaban J connectivity index is 1.27. The third-order valence-corrected chi connectivity index (χ3v) is 11.4. The molecular weight excluding hydrogens is 651 g/mol. The molecule has 54 heavy (non-hydrogen) atoms. The summed E-state index contributed by atoms with van der Waals surface area (Å²) < 4.78 is 0. The van der Waals surface area contributed by atoms with Crippen molar-refractivity contribution in [2.45, 2.75) is 19.3 Å². The molecule has 1 heteroatoms. The Labute approximate surface area is 317 Å². The highest BCUT2D eigenvalue weighted by Crippen LogP contribution is 2.52. The van der Waals surface area contributed by atoms with Crippen LogP contribution in [0.2, 0.25) is 0 Å². The number of fused-ring (bicyclic) bond motifs is 5. The van der Waals surface area contributed by atoms with Gasteiger partial charge in [-0.05, 0) is 96.6 Å². The van der Waals surface area contributed by atoms with Crippen LogP contribution in [-0.2, 0) is 5.41 Å². The van der Waals surface area contributed by atoms with Gasteiger partial charge in [0.05, 0.1) is 11.4 Å². The Kier molecular flexibility index (Phi) is 7.56. The molecule has 256 valence electrons. The Morgan fingerprint density at radius 1 is 0.352 bits per heavy atom. The normalized spacial score (nSPS) is 12.8. The molecular formula is C53H39N. The van der Waals surface area contributed by atoms with Crippen LogP contribution in [0, 0.1) is 0 Å². The van der Waals surface area contributed by atoms with Crippen LogP contribution >= 0.6 is 0 Å². The number of hydrogen-bond acceptors (Lipinski definition) is 1. The number of hydrogen-bond donors (Lipinski definition) is 0. The lowest BCUT2D eigenvalue weighted by Gasteiger charge is -2.31. The topological polar surface area (TPSA) is 3.24 Å². The molecule has 0 fully saturated rings. The predicted molar refractivity (Wildman–Crippen MR) is 230 cm³/mol. The summed E-state index contributed by atoms with van der Waals surface area (Å²) in [5, 5.41) is 4.90. The molecule has 0 unspecified atom stereocenters. The summed E-state index contributed by atoms with van der Waals surface area (Å²) in [6.45, 7) is 4.73. The second-order valence-corrected chi connectivity index (χ2v) is 14.9. The predicted octanol–water partition coefficient (Wildman–Crippen LogP) is 14.8. The monoisotopic (exact) mass is 689 g/mol. The zero-order valence-electron chi connectivity index (χ0n) is 30.5. The summed E-state index contributed by atoms with van der Waals surface area (Å²) in [7, 11) is 0. The molecule has 1 nitrogen and oxygen atoms in total. The van der Waals surface area contributed by atoms with Crippen LogP contribution in [0.3, 0.4) is 0 Å². The lowest BCUT2D eigenvalue weighted by molar-refractivity contribution is 0.660. The second-order valence-electron chi connectivity index (χ2n) is 14.9. The first kappa shape index (κ1) is 32.0. The van der Waals surface area contributed by atoms with Gasteiger partial charge in [0.2, 0.25) is 0 Å². The van der Waals surface area contributed by atoms with E-state index in [1.807, 2.05) is 0 Å². The molecule has 1 aliphatic carbocycles. The highest BCUT2D eigenvalue weighted by atomic mass is 15.1. The van der Waals surface area contributed by atoms with E-state index in [1.165, 1.54) is 77.2 Å². The van der Waals surface area contributed by atoms with Gasteiger partial charge in [0.1, 0.15) is 0 Å². The molecule has 9 aromatic carbocycles. The van der Waals surface area contributed by atoms with Crippen molar-refractivity contribution in [1.82, 2.24) is 0 Å². The molecule has 0 heterocycles. The summed E-state index contributed by atoms with van der Waals surface area (Å²) in [6.07, 6.45) is 0. The summed E-state index contributed by atoms with van der Waals surface area (Å²) in [5.74, 6) is 0. The fourth-order valence-electron chi connectivity index (χ4n) is 8.84. The molecule has 0 aromatic heterocycles. The smallest absolute Gasteiger partial charge is 0.0546 e. The molecule has 0 spiro atoms. The van der Waals surface area contributed by atoms with E-state index in [2.05, 4.69) is 219 Å². The lowest BCUT2D eigenvalue weighted by atomic mass is 9.82. The van der Waals surface area contributed by atoms with Crippen molar-refractivity contribution in [2.75, 3.05) is 4.90 Å². The van der Waals surface area contributed by atoms with E-state index in [-0.39, 0.29) is 5.41 Å². The maximum Gasteiger partial charge on any atom is 0.0546 e. The van der Waals surface area contributed by atoms with Crippen LogP contribution in [0.15, 0.2) is 200 Å². The van der Waals surface area contributed by atoms with Gasteiger partial charge in [-0.25, -0.2) is 0 Å². The van der Waals surface area contributed by atoms with E-state index < -0.39 is 0 Å². The molecule has 9 aromatic rings. The van der Waals surface area contributed by atoms with Crippen molar-refractivity contribution < 1.29 is 0 Å². The Morgan fingerprint density at radius 3 is 1.67 bits per heavy atom. The van der Waals surface area contributed by atoms with Crippen LogP contribution in [0.5, 0.6) is 0 Å². The first-order chi connectivity index (χ1) is 26.6. The van der Waals surface area contributed by atoms with Gasteiger partial charge in [-0.1, -0.05) is 184 Å². The molecule has 0 atom stereocenters. The third kappa shape index (κ3) is 5.16. The molecule has 0 aliphatic heterocycles. The number of rotatable bonds is 6. The van der Waals surface area contributed by atoms with Crippen LogP contribution in [0.25, 0.3) is 66.1 Å². The van der Waals surface area contributed by atoms with Gasteiger partial charge in [-0.15, -0.1) is 0 Å². The minimum Gasteiger partial charge on any atom is -0.309 e. The van der Waals surface area contributed by atoms with E-state index in [0.717, 1.165) is 17.1 Å². The summed E-state index contributed by atoms with van der Waals surface area (Å²) in [6, 6.07) is 73.5. The number of para-hydroxylation sites is 1. The fraction of sp³-hybridized carbons (Fsp3) is 0.0566. The van der Waals surface area contributed by atoms with Crippen LogP contribution < -0.4 is 4.90 Å². The minimum atomic E-state index is -0.132. The minimum absolute atomic E-state index is 0.132. The van der Waals surface area contributed by atoms with E-state index in [9.17, 15) is 0 Å². The van der Waals surface area contributed by atoms with Gasteiger partial charge < -0.3 is 4.90 Å². The molecule has 0 saturated heterocycles. The van der Waals surface area contributed by atoms with E-state index in [0.29, 0.717) is 0 Å². The largest absolute Gasteiger partial charge is 0.309 e. The molecule has 0 amide bonds. The highest BCUT2D eigenvalue weighted by Gasteiger charge is 2.36. The van der Waals surface area contributed by atoms with Gasteiger partial charge in [0.15, 0.2) is 0 Å². The number of nitrogens with zero attached hydrogens (tertiary/aromatic N) is 1. The van der Waals surface area contributed by atoms with E-state index in [1.54, 1.807) is 0 Å². The lowest BCUT2D eigenvalue weighted by Crippen LogP contribution is -2.17. The van der Waals surface area contributed by atoms with Crippen molar-refractivity contribution in [3.05, 3.63) is 211 Å². The summed E-state index contributed by atoms with van der Waals surface area (Å²) >= 11 is 0. The standard InChI is InChI=1S/C53H39N/c1-53(2)48-29-13-11-26-46(48)47-32-31-41(35-49(47)53)54(50-30-14-12-24-42(50)36-17-5-3-6-18-36)51-34-40(33-39-21-9-10-25-43(39)51)45-28-16-23-38-22-15-27-44(52(38)45)37-19-7-4-8-20-37/h3-35H,1-2H3. The van der Waals surface area contributed by atoms with Gasteiger partial charge in [0.25, 0.3) is 0 Å². The Morgan fingerprint density at radius 2 is 0.907 bits per heavy atom. The SMILES string of the molecule is CC1(C)c2ccccc2-c2ccc(N(c3ccccc3-c3ccccc3)c3cc(-c4cccc5cccc(-c6ccccc6)c45)cc4ccccc34)cc21. The molecule has 1 aliphatic rings. The zero-order chi connectivity index (χ0) is 36.2. The fourth-order valence-corrected chi connectivity index (χ4v) is 8.84. The maximum absolute atomic E-state index is 2.51. The van der Waals surface area contributed by atoms with E-state index >= 15 is 0 Å².